The first kappa shape index (κ1) is 23.4. The number of fused-ring (bicyclic) bond motifs is 1. The predicted molar refractivity (Wildman–Crippen MR) is 129 cm³/mol. The van der Waals surface area contributed by atoms with Crippen LogP contribution in [0.2, 0.25) is 0 Å². The van der Waals surface area contributed by atoms with Gasteiger partial charge in [0.1, 0.15) is 13.2 Å². The second kappa shape index (κ2) is 10.5. The van der Waals surface area contributed by atoms with Crippen molar-refractivity contribution in [1.29, 1.82) is 0 Å². The van der Waals surface area contributed by atoms with E-state index in [4.69, 9.17) is 4.74 Å². The molecule has 0 saturated heterocycles. The van der Waals surface area contributed by atoms with Gasteiger partial charge in [-0.3, -0.25) is 9.59 Å². The molecule has 2 amide bonds. The van der Waals surface area contributed by atoms with Gasteiger partial charge in [0.05, 0.1) is 10.9 Å². The Morgan fingerprint density at radius 3 is 2.73 bits per heavy atom. The van der Waals surface area contributed by atoms with E-state index in [-0.39, 0.29) is 42.8 Å². The van der Waals surface area contributed by atoms with E-state index >= 15 is 0 Å². The fourth-order valence-corrected chi connectivity index (χ4v) is 5.64. The summed E-state index contributed by atoms with van der Waals surface area (Å²) >= 11 is 3.04. The number of thiophene rings is 2. The van der Waals surface area contributed by atoms with Crippen molar-refractivity contribution < 1.29 is 18.7 Å². The summed E-state index contributed by atoms with van der Waals surface area (Å²) in [4.78, 5) is 31.9. The maximum absolute atomic E-state index is 14.1. The molecular formula is C25H27FN2O3S2. The SMILES string of the molecule is CC[C@H](C)N(CC(=O)N1CCc2sccc2[C@@H]1COc1ccccc1F)C(=O)c1cccs1. The number of para-hydroxylation sites is 1. The molecule has 174 valence electrons. The lowest BCUT2D eigenvalue weighted by Crippen LogP contribution is -2.49. The fourth-order valence-electron chi connectivity index (χ4n) is 4.03. The van der Waals surface area contributed by atoms with E-state index < -0.39 is 5.82 Å². The molecule has 0 saturated carbocycles. The van der Waals surface area contributed by atoms with Gasteiger partial charge < -0.3 is 14.5 Å². The molecule has 8 heteroatoms. The number of benzene rings is 1. The van der Waals surface area contributed by atoms with Crippen molar-refractivity contribution in [2.45, 2.75) is 38.8 Å². The number of rotatable bonds is 8. The average molecular weight is 487 g/mol. The van der Waals surface area contributed by atoms with Gasteiger partial charge in [0, 0.05) is 17.5 Å². The highest BCUT2D eigenvalue weighted by Crippen LogP contribution is 2.34. The number of carbonyl (C=O) groups excluding carboxylic acids is 2. The highest BCUT2D eigenvalue weighted by atomic mass is 32.1. The quantitative estimate of drug-likeness (QED) is 0.429. The molecule has 1 aromatic carbocycles. The Balaban J connectivity index is 1.55. The Morgan fingerprint density at radius 1 is 1.18 bits per heavy atom. The average Bonchev–Trinajstić information content (AvgIpc) is 3.53. The Bertz CT molecular complexity index is 1100. The van der Waals surface area contributed by atoms with Gasteiger partial charge in [0.25, 0.3) is 5.91 Å². The van der Waals surface area contributed by atoms with E-state index in [0.717, 1.165) is 18.4 Å². The van der Waals surface area contributed by atoms with E-state index in [1.807, 2.05) is 36.7 Å². The number of hydrogen-bond acceptors (Lipinski definition) is 5. The first-order valence-electron chi connectivity index (χ1n) is 11.1. The first-order chi connectivity index (χ1) is 16.0. The topological polar surface area (TPSA) is 49.9 Å². The lowest BCUT2D eigenvalue weighted by molar-refractivity contribution is -0.136. The van der Waals surface area contributed by atoms with Crippen LogP contribution < -0.4 is 4.74 Å². The minimum atomic E-state index is -0.429. The monoisotopic (exact) mass is 486 g/mol. The lowest BCUT2D eigenvalue weighted by atomic mass is 10.00. The van der Waals surface area contributed by atoms with Crippen LogP contribution in [0.1, 0.15) is 46.4 Å². The fraction of sp³-hybridized carbons (Fsp3) is 0.360. The van der Waals surface area contributed by atoms with Gasteiger partial charge in [0.15, 0.2) is 11.6 Å². The summed E-state index contributed by atoms with van der Waals surface area (Å²) in [5, 5.41) is 3.88. The number of amides is 2. The minimum absolute atomic E-state index is 0.00140. The number of hydrogen-bond donors (Lipinski definition) is 0. The highest BCUT2D eigenvalue weighted by Gasteiger charge is 2.34. The molecule has 0 fully saturated rings. The molecule has 2 aromatic heterocycles. The molecule has 0 N–H and O–H groups in total. The number of halogens is 1. The highest BCUT2D eigenvalue weighted by molar-refractivity contribution is 7.12. The lowest BCUT2D eigenvalue weighted by Gasteiger charge is -2.38. The van der Waals surface area contributed by atoms with Gasteiger partial charge >= 0.3 is 0 Å². The maximum atomic E-state index is 14.1. The third-order valence-electron chi connectivity index (χ3n) is 6.07. The Labute approximate surface area is 201 Å². The molecule has 3 aromatic rings. The van der Waals surface area contributed by atoms with Crippen molar-refractivity contribution in [2.24, 2.45) is 0 Å². The van der Waals surface area contributed by atoms with Gasteiger partial charge in [0.2, 0.25) is 5.91 Å². The molecular weight excluding hydrogens is 459 g/mol. The van der Waals surface area contributed by atoms with Crippen molar-refractivity contribution in [1.82, 2.24) is 9.80 Å². The summed E-state index contributed by atoms with van der Waals surface area (Å²) in [7, 11) is 0. The van der Waals surface area contributed by atoms with E-state index in [1.54, 1.807) is 45.4 Å². The second-order valence-corrected chi connectivity index (χ2v) is 10.0. The Kier molecular flexibility index (Phi) is 7.45. The van der Waals surface area contributed by atoms with Crippen LogP contribution in [0.4, 0.5) is 4.39 Å². The summed E-state index contributed by atoms with van der Waals surface area (Å²) in [5.41, 5.74) is 1.04. The normalized spacial score (nSPS) is 16.2. The van der Waals surface area contributed by atoms with Crippen LogP contribution in [-0.4, -0.2) is 47.4 Å². The summed E-state index contributed by atoms with van der Waals surface area (Å²) in [5.74, 6) is -0.512. The first-order valence-corrected chi connectivity index (χ1v) is 12.8. The van der Waals surface area contributed by atoms with Crippen molar-refractivity contribution in [3.63, 3.8) is 0 Å². The zero-order valence-electron chi connectivity index (χ0n) is 18.7. The van der Waals surface area contributed by atoms with Crippen LogP contribution in [0.5, 0.6) is 5.75 Å². The summed E-state index contributed by atoms with van der Waals surface area (Å²) in [6.07, 6.45) is 1.51. The summed E-state index contributed by atoms with van der Waals surface area (Å²) in [6.45, 7) is 4.66. The molecule has 3 heterocycles. The van der Waals surface area contributed by atoms with Gasteiger partial charge in [-0.05, 0) is 60.4 Å². The van der Waals surface area contributed by atoms with Gasteiger partial charge in [-0.15, -0.1) is 22.7 Å². The second-order valence-electron chi connectivity index (χ2n) is 8.06. The molecule has 0 spiro atoms. The molecule has 0 unspecified atom stereocenters. The zero-order valence-corrected chi connectivity index (χ0v) is 20.3. The van der Waals surface area contributed by atoms with E-state index in [0.29, 0.717) is 11.4 Å². The Hall–Kier alpha value is -2.71. The number of carbonyl (C=O) groups is 2. The smallest absolute Gasteiger partial charge is 0.264 e. The van der Waals surface area contributed by atoms with Crippen LogP contribution in [0.3, 0.4) is 0 Å². The molecule has 33 heavy (non-hydrogen) atoms. The van der Waals surface area contributed by atoms with Gasteiger partial charge in [-0.25, -0.2) is 4.39 Å². The third kappa shape index (κ3) is 5.12. The van der Waals surface area contributed by atoms with E-state index in [9.17, 15) is 14.0 Å². The van der Waals surface area contributed by atoms with Crippen molar-refractivity contribution in [3.05, 3.63) is 74.4 Å². The molecule has 4 rings (SSSR count). The van der Waals surface area contributed by atoms with Gasteiger partial charge in [-0.1, -0.05) is 25.1 Å². The molecule has 5 nitrogen and oxygen atoms in total. The molecule has 0 bridgehead atoms. The van der Waals surface area contributed by atoms with Crippen molar-refractivity contribution in [2.75, 3.05) is 19.7 Å². The molecule has 1 aliphatic heterocycles. The van der Waals surface area contributed by atoms with Gasteiger partial charge in [-0.2, -0.15) is 0 Å². The predicted octanol–water partition coefficient (Wildman–Crippen LogP) is 5.39. The largest absolute Gasteiger partial charge is 0.488 e. The maximum Gasteiger partial charge on any atom is 0.264 e. The molecule has 2 atom stereocenters. The van der Waals surface area contributed by atoms with Crippen molar-refractivity contribution in [3.8, 4) is 5.75 Å². The zero-order chi connectivity index (χ0) is 23.4. The van der Waals surface area contributed by atoms with Crippen LogP contribution >= 0.6 is 22.7 Å². The third-order valence-corrected chi connectivity index (χ3v) is 7.92. The van der Waals surface area contributed by atoms with Crippen LogP contribution in [0, 0.1) is 5.82 Å². The summed E-state index contributed by atoms with van der Waals surface area (Å²) in [6, 6.07) is 11.5. The van der Waals surface area contributed by atoms with Crippen molar-refractivity contribution >= 4 is 34.5 Å². The van der Waals surface area contributed by atoms with E-state index in [2.05, 4.69) is 0 Å². The van der Waals surface area contributed by atoms with E-state index in [1.165, 1.54) is 22.3 Å². The Morgan fingerprint density at radius 2 is 2.00 bits per heavy atom. The molecule has 1 aliphatic rings. The minimum Gasteiger partial charge on any atom is -0.488 e. The van der Waals surface area contributed by atoms with Crippen LogP contribution in [0.25, 0.3) is 0 Å². The molecule has 0 aliphatic carbocycles. The number of ether oxygens (including phenoxy) is 1. The van der Waals surface area contributed by atoms with Crippen LogP contribution in [0.15, 0.2) is 53.2 Å². The standard InChI is InChI=1S/C25H27FN2O3S2/c1-3-17(2)28(25(30)23-9-6-13-32-23)15-24(29)27-12-10-22-18(11-14-33-22)20(27)16-31-21-8-5-4-7-19(21)26/h4-9,11,13-14,17,20H,3,10,12,15-16H2,1-2H3/t17-,20-/m0/s1. The van der Waals surface area contributed by atoms with Crippen LogP contribution in [-0.2, 0) is 11.2 Å². The number of nitrogens with zero attached hydrogens (tertiary/aromatic N) is 2. The molecule has 0 radical (unpaired) electrons. The summed E-state index contributed by atoms with van der Waals surface area (Å²) < 4.78 is 19.9.